The molecule has 1 saturated heterocycles. The summed E-state index contributed by atoms with van der Waals surface area (Å²) in [6.07, 6.45) is 6.47. The van der Waals surface area contributed by atoms with Gasteiger partial charge < -0.3 is 0 Å². The van der Waals surface area contributed by atoms with Crippen LogP contribution in [0, 0.1) is 35.5 Å². The Bertz CT molecular complexity index is 748. The molecule has 24 heavy (non-hydrogen) atoms. The van der Waals surface area contributed by atoms with Crippen LogP contribution in [0.5, 0.6) is 0 Å². The topological polar surface area (TPSA) is 37.4 Å². The van der Waals surface area contributed by atoms with Gasteiger partial charge in [0.05, 0.1) is 17.5 Å². The molecule has 4 atom stereocenters. The number of carbonyl (C=O) groups excluding carboxylic acids is 2. The van der Waals surface area contributed by atoms with Gasteiger partial charge in [0.15, 0.2) is 0 Å². The molecule has 0 unspecified atom stereocenters. The van der Waals surface area contributed by atoms with Crippen LogP contribution in [0.3, 0.4) is 0 Å². The lowest BCUT2D eigenvalue weighted by Crippen LogP contribution is -2.53. The van der Waals surface area contributed by atoms with Gasteiger partial charge in [-0.15, -0.1) is 0 Å². The highest BCUT2D eigenvalue weighted by atomic mass is 16.2. The van der Waals surface area contributed by atoms with Crippen LogP contribution in [0.15, 0.2) is 36.4 Å². The van der Waals surface area contributed by atoms with E-state index in [2.05, 4.69) is 32.9 Å². The molecule has 2 bridgehead atoms. The number of fused-ring (bicyclic) bond motifs is 1. The zero-order chi connectivity index (χ0) is 17.3. The molecule has 126 valence electrons. The van der Waals surface area contributed by atoms with E-state index in [4.69, 9.17) is 0 Å². The number of benzene rings is 1. The fraction of sp³-hybridized carbons (Fsp3) is 0.524. The van der Waals surface area contributed by atoms with Crippen LogP contribution in [-0.4, -0.2) is 11.8 Å². The van der Waals surface area contributed by atoms with Crippen LogP contribution in [-0.2, 0) is 9.59 Å². The van der Waals surface area contributed by atoms with E-state index in [1.165, 1.54) is 4.90 Å². The van der Waals surface area contributed by atoms with Crippen molar-refractivity contribution in [3.8, 4) is 0 Å². The molecule has 0 radical (unpaired) electrons. The van der Waals surface area contributed by atoms with Gasteiger partial charge in [-0.1, -0.05) is 50.6 Å². The number of hydrogen-bond acceptors (Lipinski definition) is 2. The minimum atomic E-state index is -0.215. The Morgan fingerprint density at radius 3 is 2.17 bits per heavy atom. The Morgan fingerprint density at radius 2 is 1.62 bits per heavy atom. The molecule has 3 aliphatic carbocycles. The average molecular weight is 323 g/mol. The number of amides is 2. The van der Waals surface area contributed by atoms with Crippen molar-refractivity contribution in [1.29, 1.82) is 0 Å². The summed E-state index contributed by atoms with van der Waals surface area (Å²) in [4.78, 5) is 28.1. The monoisotopic (exact) mass is 323 g/mol. The summed E-state index contributed by atoms with van der Waals surface area (Å²) in [5.74, 6) is -0.0911. The molecule has 2 fully saturated rings. The number of carbonyl (C=O) groups is 2. The number of allylic oxidation sites excluding steroid dienone is 2. The molecule has 5 rings (SSSR count). The summed E-state index contributed by atoms with van der Waals surface area (Å²) >= 11 is 0. The lowest BCUT2D eigenvalue weighted by Gasteiger charge is -2.55. The third-order valence-corrected chi connectivity index (χ3v) is 6.83. The van der Waals surface area contributed by atoms with Gasteiger partial charge >= 0.3 is 0 Å². The van der Waals surface area contributed by atoms with Crippen molar-refractivity contribution in [2.45, 2.75) is 40.5 Å². The first kappa shape index (κ1) is 15.6. The summed E-state index contributed by atoms with van der Waals surface area (Å²) in [5.41, 5.74) is 1.48. The Morgan fingerprint density at radius 1 is 1.00 bits per heavy atom. The third-order valence-electron chi connectivity index (χ3n) is 6.83. The van der Waals surface area contributed by atoms with Crippen molar-refractivity contribution in [3.05, 3.63) is 42.0 Å². The van der Waals surface area contributed by atoms with E-state index in [0.717, 1.165) is 18.4 Å². The molecule has 4 aliphatic rings. The SMILES string of the molecule is Cc1ccc(N2C(=O)[C@@H]3[C@H](C2=O)[C@@]2(C(C)C)C=C[C@@]3(C)CC2)cc1. The van der Waals surface area contributed by atoms with Crippen LogP contribution >= 0.6 is 0 Å². The van der Waals surface area contributed by atoms with E-state index in [0.29, 0.717) is 11.6 Å². The molecule has 1 heterocycles. The molecule has 0 spiro atoms. The molecular formula is C21H25NO2. The maximum Gasteiger partial charge on any atom is 0.238 e. The highest BCUT2D eigenvalue weighted by molar-refractivity contribution is 6.23. The van der Waals surface area contributed by atoms with E-state index in [9.17, 15) is 9.59 Å². The van der Waals surface area contributed by atoms with Gasteiger partial charge in [-0.3, -0.25) is 9.59 Å². The standard InChI is InChI=1S/C21H25NO2/c1-13(2)21-11-9-20(4,10-12-21)16-17(21)19(24)22(18(16)23)15-7-5-14(3)6-8-15/h5-9,11,13,16-17H,10,12H2,1-4H3/t16-,17+,20-,21-/m0/s1. The maximum absolute atomic E-state index is 13.3. The largest absolute Gasteiger partial charge is 0.274 e. The Labute approximate surface area is 143 Å². The highest BCUT2D eigenvalue weighted by Gasteiger charge is 2.67. The molecule has 1 aromatic rings. The fourth-order valence-corrected chi connectivity index (χ4v) is 5.18. The normalized spacial score (nSPS) is 37.5. The van der Waals surface area contributed by atoms with Crippen LogP contribution in [0.2, 0.25) is 0 Å². The molecule has 0 N–H and O–H groups in total. The molecule has 1 aromatic carbocycles. The quantitative estimate of drug-likeness (QED) is 0.606. The number of rotatable bonds is 2. The maximum atomic E-state index is 13.3. The van der Waals surface area contributed by atoms with Gasteiger partial charge in [0.25, 0.3) is 0 Å². The van der Waals surface area contributed by atoms with Gasteiger partial charge in [-0.25, -0.2) is 4.90 Å². The van der Waals surface area contributed by atoms with Crippen molar-refractivity contribution < 1.29 is 9.59 Å². The smallest absolute Gasteiger partial charge is 0.238 e. The summed E-state index contributed by atoms with van der Waals surface area (Å²) in [6, 6.07) is 7.71. The number of aryl methyl sites for hydroxylation is 1. The second kappa shape index (κ2) is 4.81. The Hall–Kier alpha value is -1.90. The van der Waals surface area contributed by atoms with E-state index >= 15 is 0 Å². The molecule has 3 nitrogen and oxygen atoms in total. The van der Waals surface area contributed by atoms with Gasteiger partial charge in [0.2, 0.25) is 11.8 Å². The summed E-state index contributed by atoms with van der Waals surface area (Å²) in [7, 11) is 0. The zero-order valence-corrected chi connectivity index (χ0v) is 14.9. The van der Waals surface area contributed by atoms with Gasteiger partial charge in [0.1, 0.15) is 0 Å². The summed E-state index contributed by atoms with van der Waals surface area (Å²) in [5, 5.41) is 0. The third kappa shape index (κ3) is 1.78. The number of imide groups is 1. The van der Waals surface area contributed by atoms with Crippen LogP contribution in [0.4, 0.5) is 5.69 Å². The first-order valence-corrected chi connectivity index (χ1v) is 8.95. The van der Waals surface area contributed by atoms with E-state index in [-0.39, 0.29) is 34.5 Å². The van der Waals surface area contributed by atoms with Crippen molar-refractivity contribution in [1.82, 2.24) is 0 Å². The second-order valence-corrected chi connectivity index (χ2v) is 8.41. The van der Waals surface area contributed by atoms with Gasteiger partial charge in [0, 0.05) is 5.41 Å². The van der Waals surface area contributed by atoms with Crippen LogP contribution in [0.1, 0.15) is 39.2 Å². The second-order valence-electron chi connectivity index (χ2n) is 8.41. The van der Waals surface area contributed by atoms with Crippen LogP contribution < -0.4 is 4.90 Å². The first-order valence-electron chi connectivity index (χ1n) is 8.95. The van der Waals surface area contributed by atoms with E-state index < -0.39 is 0 Å². The fourth-order valence-electron chi connectivity index (χ4n) is 5.18. The molecular weight excluding hydrogens is 298 g/mol. The first-order chi connectivity index (χ1) is 11.3. The van der Waals surface area contributed by atoms with Crippen molar-refractivity contribution in [3.63, 3.8) is 0 Å². The van der Waals surface area contributed by atoms with E-state index in [1.807, 2.05) is 31.2 Å². The zero-order valence-electron chi connectivity index (χ0n) is 14.9. The molecule has 1 aliphatic heterocycles. The van der Waals surface area contributed by atoms with Gasteiger partial charge in [-0.2, -0.15) is 0 Å². The molecule has 0 aromatic heterocycles. The molecule has 1 saturated carbocycles. The van der Waals surface area contributed by atoms with Gasteiger partial charge in [-0.05, 0) is 43.2 Å². The number of hydrogen-bond donors (Lipinski definition) is 0. The predicted molar refractivity (Wildman–Crippen MR) is 94.4 cm³/mol. The minimum absolute atomic E-state index is 0.00201. The minimum Gasteiger partial charge on any atom is -0.274 e. The van der Waals surface area contributed by atoms with E-state index in [1.54, 1.807) is 0 Å². The predicted octanol–water partition coefficient (Wildman–Crippen LogP) is 4.11. The highest BCUT2D eigenvalue weighted by Crippen LogP contribution is 2.64. The molecule has 2 amide bonds. The summed E-state index contributed by atoms with van der Waals surface area (Å²) in [6.45, 7) is 8.52. The lowest BCUT2D eigenvalue weighted by molar-refractivity contribution is -0.135. The van der Waals surface area contributed by atoms with Crippen LogP contribution in [0.25, 0.3) is 0 Å². The summed E-state index contributed by atoms with van der Waals surface area (Å²) < 4.78 is 0. The Balaban J connectivity index is 1.84. The lowest BCUT2D eigenvalue weighted by atomic mass is 9.46. The van der Waals surface area contributed by atoms with Crippen molar-refractivity contribution in [2.24, 2.45) is 28.6 Å². The number of nitrogens with zero attached hydrogens (tertiary/aromatic N) is 1. The number of anilines is 1. The average Bonchev–Trinajstić information content (AvgIpc) is 2.83. The Kier molecular flexibility index (Phi) is 3.13. The molecule has 3 heteroatoms. The van der Waals surface area contributed by atoms with Crippen molar-refractivity contribution in [2.75, 3.05) is 4.90 Å². The van der Waals surface area contributed by atoms with Crippen molar-refractivity contribution >= 4 is 17.5 Å².